The molecule has 0 rings (SSSR count). The average Bonchev–Trinajstić information content (AvgIpc) is 1.73. The summed E-state index contributed by atoms with van der Waals surface area (Å²) in [6, 6.07) is 0. The van der Waals surface area contributed by atoms with Crippen LogP contribution in [-0.4, -0.2) is 6.21 Å². The Kier molecular flexibility index (Phi) is 31.1. The highest BCUT2D eigenvalue weighted by atomic mass is 14.3. The summed E-state index contributed by atoms with van der Waals surface area (Å²) < 4.78 is 0. The molecule has 0 aromatic carbocycles. The van der Waals surface area contributed by atoms with Crippen molar-refractivity contribution >= 4 is 6.21 Å². The van der Waals surface area contributed by atoms with Gasteiger partial charge in [0, 0.05) is 0 Å². The molecule has 1 N–H and O–H groups in total. The van der Waals surface area contributed by atoms with Crippen molar-refractivity contribution in [3.05, 3.63) is 0 Å². The number of hydrogen-bond acceptors (Lipinski definition) is 1. The molecule has 0 heterocycles. The first-order valence-electron chi connectivity index (χ1n) is 2.78. The molecule has 0 aliphatic carbocycles. The van der Waals surface area contributed by atoms with E-state index in [0.29, 0.717) is 5.92 Å². The molecular formula is C7H19N. The second-order valence-corrected chi connectivity index (χ2v) is 1.41. The van der Waals surface area contributed by atoms with Crippen molar-refractivity contribution in [2.45, 2.75) is 35.1 Å². The van der Waals surface area contributed by atoms with Gasteiger partial charge in [0.25, 0.3) is 0 Å². The topological polar surface area (TPSA) is 23.9 Å². The summed E-state index contributed by atoms with van der Waals surface area (Å²) in [5.41, 5.74) is 0. The van der Waals surface area contributed by atoms with Gasteiger partial charge in [0.15, 0.2) is 0 Å². The van der Waals surface area contributed by atoms with Gasteiger partial charge in [-0.25, -0.2) is 0 Å². The molecule has 0 aromatic rings. The third kappa shape index (κ3) is 44.3. The summed E-state index contributed by atoms with van der Waals surface area (Å²) in [5.74, 6) is 0.426. The van der Waals surface area contributed by atoms with Crippen LogP contribution in [0.4, 0.5) is 0 Å². The molecule has 0 saturated heterocycles. The molecule has 0 amide bonds. The van der Waals surface area contributed by atoms with E-state index in [1.165, 1.54) is 6.21 Å². The molecule has 52 valence electrons. The normalized spacial score (nSPS) is 6.12. The van der Waals surface area contributed by atoms with E-state index in [9.17, 15) is 0 Å². The predicted octanol–water partition coefficient (Wildman–Crippen LogP) is 2.95. The van der Waals surface area contributed by atoms with Crippen LogP contribution in [0.1, 0.15) is 35.1 Å². The van der Waals surface area contributed by atoms with E-state index in [2.05, 4.69) is 0 Å². The first-order chi connectivity index (χ1) is 3.27. The van der Waals surface area contributed by atoms with Crippen LogP contribution in [0.5, 0.6) is 0 Å². The second-order valence-electron chi connectivity index (χ2n) is 1.41. The van der Waals surface area contributed by atoms with Gasteiger partial charge < -0.3 is 5.41 Å². The Bertz CT molecular complexity index is 31.4. The smallest absolute Gasteiger partial charge is 0.00223 e. The van der Waals surface area contributed by atoms with Gasteiger partial charge >= 0.3 is 0 Å². The zero-order valence-electron chi connectivity index (χ0n) is 5.65. The standard InChI is InChI=1S/C4H9N.C2H6.CH4/c1-4(2)3-5;1-2;/h3-5H,1-2H3;1-2H3;1H4. The van der Waals surface area contributed by atoms with Gasteiger partial charge in [-0.3, -0.25) is 0 Å². The molecule has 0 atom stereocenters. The first-order valence-corrected chi connectivity index (χ1v) is 2.78. The lowest BCUT2D eigenvalue weighted by molar-refractivity contribution is 0.902. The summed E-state index contributed by atoms with van der Waals surface area (Å²) in [6.07, 6.45) is 1.42. The van der Waals surface area contributed by atoms with Crippen LogP contribution in [0.2, 0.25) is 0 Å². The van der Waals surface area contributed by atoms with Gasteiger partial charge in [-0.1, -0.05) is 35.1 Å². The molecule has 0 aliphatic rings. The zero-order chi connectivity index (χ0) is 6.28. The van der Waals surface area contributed by atoms with Gasteiger partial charge in [-0.05, 0) is 12.1 Å². The van der Waals surface area contributed by atoms with Crippen molar-refractivity contribution in [2.75, 3.05) is 0 Å². The maximum atomic E-state index is 6.53. The minimum absolute atomic E-state index is 0. The van der Waals surface area contributed by atoms with E-state index in [-0.39, 0.29) is 7.43 Å². The SMILES string of the molecule is C.CC.CC(C)C=N. The highest BCUT2D eigenvalue weighted by Crippen LogP contribution is 1.79. The molecule has 0 spiro atoms. The van der Waals surface area contributed by atoms with Gasteiger partial charge in [-0.2, -0.15) is 0 Å². The molecule has 8 heavy (non-hydrogen) atoms. The molecule has 0 aliphatic heterocycles. The number of nitrogens with one attached hydrogen (secondary N) is 1. The number of hydrogen-bond donors (Lipinski definition) is 1. The summed E-state index contributed by atoms with van der Waals surface area (Å²) >= 11 is 0. The summed E-state index contributed by atoms with van der Waals surface area (Å²) in [6.45, 7) is 7.96. The van der Waals surface area contributed by atoms with E-state index >= 15 is 0 Å². The van der Waals surface area contributed by atoms with Crippen LogP contribution >= 0.6 is 0 Å². The molecule has 0 radical (unpaired) electrons. The molecule has 0 aromatic heterocycles. The highest BCUT2D eigenvalue weighted by molar-refractivity contribution is 5.55. The van der Waals surface area contributed by atoms with Crippen LogP contribution in [0.25, 0.3) is 0 Å². The summed E-state index contributed by atoms with van der Waals surface area (Å²) in [7, 11) is 0. The van der Waals surface area contributed by atoms with E-state index in [1.807, 2.05) is 27.7 Å². The second kappa shape index (κ2) is 15.9. The third-order valence-corrected chi connectivity index (χ3v) is 0.333. The molecule has 1 heteroatoms. The minimum atomic E-state index is 0. The molecule has 0 bridgehead atoms. The van der Waals surface area contributed by atoms with E-state index in [1.54, 1.807) is 0 Å². The Morgan fingerprint density at radius 1 is 1.25 bits per heavy atom. The maximum Gasteiger partial charge on any atom is -0.00223 e. The fraction of sp³-hybridized carbons (Fsp3) is 0.857. The Balaban J connectivity index is -0.0000000750. The highest BCUT2D eigenvalue weighted by Gasteiger charge is 1.75. The average molecular weight is 117 g/mol. The minimum Gasteiger partial charge on any atom is -0.313 e. The first kappa shape index (κ1) is 15.6. The lowest BCUT2D eigenvalue weighted by atomic mass is 10.3. The van der Waals surface area contributed by atoms with Crippen molar-refractivity contribution in [3.63, 3.8) is 0 Å². The van der Waals surface area contributed by atoms with Gasteiger partial charge in [0.1, 0.15) is 0 Å². The molecule has 0 fully saturated rings. The lowest BCUT2D eigenvalue weighted by Crippen LogP contribution is -1.81. The van der Waals surface area contributed by atoms with E-state index < -0.39 is 0 Å². The van der Waals surface area contributed by atoms with Crippen LogP contribution in [0, 0.1) is 11.3 Å². The molecule has 0 unspecified atom stereocenters. The largest absolute Gasteiger partial charge is 0.313 e. The summed E-state index contributed by atoms with van der Waals surface area (Å²) in [5, 5.41) is 6.53. The Morgan fingerprint density at radius 2 is 1.38 bits per heavy atom. The van der Waals surface area contributed by atoms with E-state index in [0.717, 1.165) is 0 Å². The van der Waals surface area contributed by atoms with Crippen molar-refractivity contribution in [1.82, 2.24) is 0 Å². The van der Waals surface area contributed by atoms with E-state index in [4.69, 9.17) is 5.41 Å². The quantitative estimate of drug-likeness (QED) is 0.510. The van der Waals surface area contributed by atoms with Crippen LogP contribution in [-0.2, 0) is 0 Å². The van der Waals surface area contributed by atoms with Gasteiger partial charge in [0.05, 0.1) is 0 Å². The van der Waals surface area contributed by atoms with Crippen molar-refractivity contribution in [1.29, 1.82) is 5.41 Å². The van der Waals surface area contributed by atoms with Crippen molar-refractivity contribution < 1.29 is 0 Å². The number of rotatable bonds is 1. The lowest BCUT2D eigenvalue weighted by Gasteiger charge is -1.82. The molecular weight excluding hydrogens is 98.1 g/mol. The van der Waals surface area contributed by atoms with Crippen molar-refractivity contribution in [2.24, 2.45) is 5.92 Å². The predicted molar refractivity (Wildman–Crippen MR) is 41.7 cm³/mol. The maximum absolute atomic E-state index is 6.53. The Morgan fingerprint density at radius 3 is 1.38 bits per heavy atom. The van der Waals surface area contributed by atoms with Crippen LogP contribution in [0.15, 0.2) is 0 Å². The zero-order valence-corrected chi connectivity index (χ0v) is 5.65. The Hall–Kier alpha value is -0.330. The van der Waals surface area contributed by atoms with Crippen molar-refractivity contribution in [3.8, 4) is 0 Å². The fourth-order valence-corrected chi connectivity index (χ4v) is 0. The van der Waals surface area contributed by atoms with Crippen LogP contribution in [0.3, 0.4) is 0 Å². The fourth-order valence-electron chi connectivity index (χ4n) is 0. The summed E-state index contributed by atoms with van der Waals surface area (Å²) in [4.78, 5) is 0. The molecule has 0 saturated carbocycles. The van der Waals surface area contributed by atoms with Gasteiger partial charge in [0.2, 0.25) is 0 Å². The third-order valence-electron chi connectivity index (χ3n) is 0.333. The monoisotopic (exact) mass is 117 g/mol. The molecule has 1 nitrogen and oxygen atoms in total. The van der Waals surface area contributed by atoms with Gasteiger partial charge in [-0.15, -0.1) is 0 Å². The van der Waals surface area contributed by atoms with Crippen LogP contribution < -0.4 is 0 Å². The Labute approximate surface area is 53.6 Å².